The van der Waals surface area contributed by atoms with E-state index in [0.29, 0.717) is 13.2 Å². The van der Waals surface area contributed by atoms with Crippen molar-refractivity contribution in [3.05, 3.63) is 35.0 Å². The zero-order valence-corrected chi connectivity index (χ0v) is 12.0. The van der Waals surface area contributed by atoms with E-state index >= 15 is 0 Å². The Hall–Kier alpha value is -2.14. The molecule has 0 atom stereocenters. The number of hydrogen-bond donors (Lipinski definition) is 2. The maximum absolute atomic E-state index is 11.2. The summed E-state index contributed by atoms with van der Waals surface area (Å²) in [5.41, 5.74) is 4.51. The molecular weight excluding hydrogens is 268 g/mol. The van der Waals surface area contributed by atoms with Gasteiger partial charge in [0.15, 0.2) is 0 Å². The Bertz CT molecular complexity index is 697. The predicted molar refractivity (Wildman–Crippen MR) is 81.1 cm³/mol. The summed E-state index contributed by atoms with van der Waals surface area (Å²) in [4.78, 5) is 15.9. The fourth-order valence-corrected chi connectivity index (χ4v) is 2.88. The number of aromatic nitrogens is 1. The smallest absolute Gasteiger partial charge is 0.335 e. The van der Waals surface area contributed by atoms with E-state index in [0.717, 1.165) is 41.5 Å². The highest BCUT2D eigenvalue weighted by Gasteiger charge is 2.20. The highest BCUT2D eigenvalue weighted by atomic mass is 16.5. The number of aromatic carboxylic acids is 1. The summed E-state index contributed by atoms with van der Waals surface area (Å²) >= 11 is 0. The van der Waals surface area contributed by atoms with Crippen LogP contribution in [-0.4, -0.2) is 36.3 Å². The molecule has 3 rings (SSSR count). The van der Waals surface area contributed by atoms with Crippen LogP contribution in [0.4, 0.5) is 5.69 Å². The summed E-state index contributed by atoms with van der Waals surface area (Å²) in [6.07, 6.45) is 3.08. The lowest BCUT2D eigenvalue weighted by molar-refractivity contribution is 0.0697. The molecule has 0 aliphatic heterocycles. The lowest BCUT2D eigenvalue weighted by Crippen LogP contribution is -2.11. The molecule has 5 nitrogen and oxygen atoms in total. The van der Waals surface area contributed by atoms with Gasteiger partial charge in [-0.05, 0) is 43.0 Å². The number of rotatable bonds is 5. The number of carboxylic acid groups (broad SMARTS) is 1. The van der Waals surface area contributed by atoms with E-state index < -0.39 is 5.97 Å². The van der Waals surface area contributed by atoms with Crippen molar-refractivity contribution in [3.63, 3.8) is 0 Å². The quantitative estimate of drug-likeness (QED) is 0.826. The minimum Gasteiger partial charge on any atom is -0.478 e. The minimum atomic E-state index is -0.916. The molecular formula is C16H18N2O3. The molecule has 0 bridgehead atoms. The summed E-state index contributed by atoms with van der Waals surface area (Å²) in [6, 6.07) is 5.11. The van der Waals surface area contributed by atoms with E-state index in [9.17, 15) is 9.90 Å². The molecule has 1 aromatic heterocycles. The third-order valence-electron chi connectivity index (χ3n) is 3.87. The fourth-order valence-electron chi connectivity index (χ4n) is 2.88. The van der Waals surface area contributed by atoms with E-state index in [1.807, 2.05) is 0 Å². The fraction of sp³-hybridized carbons (Fsp3) is 0.375. The molecule has 0 unspecified atom stereocenters. The summed E-state index contributed by atoms with van der Waals surface area (Å²) in [5, 5.41) is 13.5. The first-order valence-corrected chi connectivity index (χ1v) is 7.12. The van der Waals surface area contributed by atoms with Crippen molar-refractivity contribution in [3.8, 4) is 0 Å². The minimum absolute atomic E-state index is 0.289. The molecule has 2 aromatic rings. The van der Waals surface area contributed by atoms with Crippen LogP contribution in [0, 0.1) is 0 Å². The summed E-state index contributed by atoms with van der Waals surface area (Å²) < 4.78 is 5.08. The Labute approximate surface area is 123 Å². The number of carbonyl (C=O) groups is 1. The molecule has 0 spiro atoms. The van der Waals surface area contributed by atoms with Crippen LogP contribution in [0.1, 0.15) is 28.0 Å². The third kappa shape index (κ3) is 2.56. The number of benzene rings is 1. The molecule has 0 saturated heterocycles. The van der Waals surface area contributed by atoms with Gasteiger partial charge < -0.3 is 15.2 Å². The topological polar surface area (TPSA) is 71.5 Å². The molecule has 5 heteroatoms. The second-order valence-electron chi connectivity index (χ2n) is 5.22. The number of anilines is 1. The number of ether oxygens (including phenoxy) is 1. The van der Waals surface area contributed by atoms with Crippen molar-refractivity contribution in [1.29, 1.82) is 0 Å². The van der Waals surface area contributed by atoms with E-state index in [4.69, 9.17) is 4.74 Å². The van der Waals surface area contributed by atoms with Crippen LogP contribution in [0.2, 0.25) is 0 Å². The molecule has 0 saturated carbocycles. The molecule has 0 radical (unpaired) electrons. The second kappa shape index (κ2) is 5.69. The summed E-state index contributed by atoms with van der Waals surface area (Å²) in [5.74, 6) is -0.916. The first kappa shape index (κ1) is 13.8. The van der Waals surface area contributed by atoms with E-state index in [1.165, 1.54) is 5.56 Å². The van der Waals surface area contributed by atoms with Crippen molar-refractivity contribution in [2.24, 2.45) is 0 Å². The van der Waals surface area contributed by atoms with Gasteiger partial charge in [-0.25, -0.2) is 4.79 Å². The highest BCUT2D eigenvalue weighted by molar-refractivity contribution is 5.99. The van der Waals surface area contributed by atoms with Gasteiger partial charge in [-0.15, -0.1) is 0 Å². The van der Waals surface area contributed by atoms with Crippen LogP contribution in [0.5, 0.6) is 0 Å². The third-order valence-corrected chi connectivity index (χ3v) is 3.87. The van der Waals surface area contributed by atoms with E-state index in [-0.39, 0.29) is 5.56 Å². The maximum atomic E-state index is 11.2. The SMILES string of the molecule is COCCNc1c2c(nc3ccc(C(=O)O)cc13)CCC2. The Morgan fingerprint density at radius 2 is 2.29 bits per heavy atom. The zero-order chi connectivity index (χ0) is 14.8. The van der Waals surface area contributed by atoms with Crippen LogP contribution in [0.25, 0.3) is 10.9 Å². The predicted octanol–water partition coefficient (Wildman–Crippen LogP) is 2.48. The number of fused-ring (bicyclic) bond motifs is 2. The van der Waals surface area contributed by atoms with Gasteiger partial charge in [-0.3, -0.25) is 4.98 Å². The van der Waals surface area contributed by atoms with Crippen molar-refractivity contribution in [1.82, 2.24) is 4.98 Å². The van der Waals surface area contributed by atoms with Gasteiger partial charge >= 0.3 is 5.97 Å². The monoisotopic (exact) mass is 286 g/mol. The lowest BCUT2D eigenvalue weighted by atomic mass is 10.0. The molecule has 1 aromatic carbocycles. The second-order valence-corrected chi connectivity index (χ2v) is 5.22. The van der Waals surface area contributed by atoms with Crippen LogP contribution < -0.4 is 5.32 Å². The zero-order valence-electron chi connectivity index (χ0n) is 12.0. The number of carboxylic acids is 1. The van der Waals surface area contributed by atoms with Crippen LogP contribution >= 0.6 is 0 Å². The Morgan fingerprint density at radius 1 is 1.43 bits per heavy atom. The van der Waals surface area contributed by atoms with Gasteiger partial charge in [0.1, 0.15) is 0 Å². The van der Waals surface area contributed by atoms with Crippen molar-refractivity contribution >= 4 is 22.6 Å². The first-order valence-electron chi connectivity index (χ1n) is 7.12. The maximum Gasteiger partial charge on any atom is 0.335 e. The molecule has 110 valence electrons. The molecule has 2 N–H and O–H groups in total. The van der Waals surface area contributed by atoms with E-state index in [1.54, 1.807) is 25.3 Å². The number of nitrogens with one attached hydrogen (secondary N) is 1. The van der Waals surface area contributed by atoms with Gasteiger partial charge in [0, 0.05) is 30.4 Å². The number of pyridine rings is 1. The Morgan fingerprint density at radius 3 is 3.05 bits per heavy atom. The largest absolute Gasteiger partial charge is 0.478 e. The molecule has 1 heterocycles. The van der Waals surface area contributed by atoms with Crippen LogP contribution in [0.15, 0.2) is 18.2 Å². The van der Waals surface area contributed by atoms with Gasteiger partial charge in [-0.2, -0.15) is 0 Å². The molecule has 0 fully saturated rings. The average molecular weight is 286 g/mol. The summed E-state index contributed by atoms with van der Waals surface area (Å²) in [7, 11) is 1.67. The average Bonchev–Trinajstić information content (AvgIpc) is 2.94. The molecule has 21 heavy (non-hydrogen) atoms. The summed E-state index contributed by atoms with van der Waals surface area (Å²) in [6.45, 7) is 1.30. The first-order chi connectivity index (χ1) is 10.2. The molecule has 1 aliphatic rings. The number of methoxy groups -OCH3 is 1. The number of nitrogens with zero attached hydrogens (tertiary/aromatic N) is 1. The van der Waals surface area contributed by atoms with Crippen LogP contribution in [0.3, 0.4) is 0 Å². The van der Waals surface area contributed by atoms with Crippen molar-refractivity contribution < 1.29 is 14.6 Å². The Kier molecular flexibility index (Phi) is 3.75. The van der Waals surface area contributed by atoms with Crippen LogP contribution in [-0.2, 0) is 17.6 Å². The lowest BCUT2D eigenvalue weighted by Gasteiger charge is -2.15. The Balaban J connectivity index is 2.13. The highest BCUT2D eigenvalue weighted by Crippen LogP contribution is 2.34. The van der Waals surface area contributed by atoms with Crippen molar-refractivity contribution in [2.45, 2.75) is 19.3 Å². The van der Waals surface area contributed by atoms with E-state index in [2.05, 4.69) is 10.3 Å². The van der Waals surface area contributed by atoms with Gasteiger partial charge in [0.25, 0.3) is 0 Å². The normalized spacial score (nSPS) is 13.4. The van der Waals surface area contributed by atoms with Gasteiger partial charge in [0.2, 0.25) is 0 Å². The standard InChI is InChI=1S/C16H18N2O3/c1-21-8-7-17-15-11-3-2-4-13(11)18-14-6-5-10(16(19)20)9-12(14)15/h5-6,9H,2-4,7-8H2,1H3,(H,17,18)(H,19,20). The van der Waals surface area contributed by atoms with Gasteiger partial charge in [-0.1, -0.05) is 0 Å². The molecule has 0 amide bonds. The number of hydrogen-bond acceptors (Lipinski definition) is 4. The van der Waals surface area contributed by atoms with Crippen molar-refractivity contribution in [2.75, 3.05) is 25.6 Å². The number of aryl methyl sites for hydroxylation is 1. The molecule has 1 aliphatic carbocycles. The van der Waals surface area contributed by atoms with Gasteiger partial charge in [0.05, 0.1) is 17.7 Å².